The Morgan fingerprint density at radius 3 is 2.70 bits per heavy atom. The average Bonchev–Trinajstić information content (AvgIpc) is 2.47. The molecule has 4 nitrogen and oxygen atoms in total. The van der Waals surface area contributed by atoms with Gasteiger partial charge < -0.3 is 10.5 Å². The highest BCUT2D eigenvalue weighted by atomic mass is 32.2. The molecule has 1 fully saturated rings. The van der Waals surface area contributed by atoms with E-state index in [1.165, 1.54) is 13.5 Å². The first kappa shape index (κ1) is 15.0. The van der Waals surface area contributed by atoms with E-state index in [0.29, 0.717) is 17.0 Å². The SMILES string of the molecule is COC(=O)c1c(N)cccc1CS(=O)C1CCCCC1. The minimum Gasteiger partial charge on any atom is -0.465 e. The van der Waals surface area contributed by atoms with E-state index in [0.717, 1.165) is 31.2 Å². The molecule has 0 amide bonds. The van der Waals surface area contributed by atoms with Crippen molar-refractivity contribution in [1.82, 2.24) is 0 Å². The van der Waals surface area contributed by atoms with Crippen molar-refractivity contribution in [2.45, 2.75) is 43.1 Å². The number of anilines is 1. The van der Waals surface area contributed by atoms with Crippen molar-refractivity contribution in [3.63, 3.8) is 0 Å². The van der Waals surface area contributed by atoms with Crippen LogP contribution in [0.2, 0.25) is 0 Å². The Bertz CT molecular complexity index is 510. The first-order chi connectivity index (χ1) is 9.63. The third-order valence-electron chi connectivity index (χ3n) is 3.79. The number of methoxy groups -OCH3 is 1. The molecule has 1 atom stereocenters. The Hall–Kier alpha value is -1.36. The van der Waals surface area contributed by atoms with E-state index in [9.17, 15) is 9.00 Å². The minimum atomic E-state index is -0.958. The highest BCUT2D eigenvalue weighted by molar-refractivity contribution is 7.84. The maximum absolute atomic E-state index is 12.5. The monoisotopic (exact) mass is 295 g/mol. The molecular formula is C15H21NO3S. The highest BCUT2D eigenvalue weighted by Crippen LogP contribution is 2.26. The van der Waals surface area contributed by atoms with Gasteiger partial charge in [0, 0.05) is 27.5 Å². The molecule has 0 bridgehead atoms. The number of hydrogen-bond donors (Lipinski definition) is 1. The molecule has 0 heterocycles. The summed E-state index contributed by atoms with van der Waals surface area (Å²) in [5.41, 5.74) is 7.32. The second-order valence-corrected chi connectivity index (χ2v) is 6.87. The number of esters is 1. The van der Waals surface area contributed by atoms with Gasteiger partial charge in [0.2, 0.25) is 0 Å². The average molecular weight is 295 g/mol. The van der Waals surface area contributed by atoms with E-state index >= 15 is 0 Å². The first-order valence-corrected chi connectivity index (χ1v) is 8.34. The zero-order valence-corrected chi connectivity index (χ0v) is 12.6. The normalized spacial score (nSPS) is 17.6. The number of rotatable bonds is 4. The summed E-state index contributed by atoms with van der Waals surface area (Å²) in [6, 6.07) is 5.26. The largest absolute Gasteiger partial charge is 0.465 e. The summed E-state index contributed by atoms with van der Waals surface area (Å²) in [4.78, 5) is 11.8. The van der Waals surface area contributed by atoms with Gasteiger partial charge in [-0.3, -0.25) is 4.21 Å². The molecule has 1 saturated carbocycles. The van der Waals surface area contributed by atoms with Gasteiger partial charge in [0.05, 0.1) is 12.7 Å². The zero-order chi connectivity index (χ0) is 14.5. The number of ether oxygens (including phenoxy) is 1. The molecule has 2 rings (SSSR count). The molecule has 1 aliphatic carbocycles. The molecule has 1 aromatic rings. The molecule has 110 valence electrons. The minimum absolute atomic E-state index is 0.246. The molecule has 0 aromatic heterocycles. The Morgan fingerprint density at radius 1 is 1.35 bits per heavy atom. The summed E-state index contributed by atoms with van der Waals surface area (Å²) in [5, 5.41) is 0.246. The predicted octanol–water partition coefficient (Wildman–Crippen LogP) is 2.64. The summed E-state index contributed by atoms with van der Waals surface area (Å²) in [7, 11) is 0.372. The van der Waals surface area contributed by atoms with Crippen molar-refractivity contribution >= 4 is 22.5 Å². The van der Waals surface area contributed by atoms with Gasteiger partial charge in [0.1, 0.15) is 0 Å². The topological polar surface area (TPSA) is 69.4 Å². The summed E-state index contributed by atoms with van der Waals surface area (Å²) >= 11 is 0. The van der Waals surface area contributed by atoms with Crippen molar-refractivity contribution in [1.29, 1.82) is 0 Å². The molecule has 0 aliphatic heterocycles. The van der Waals surface area contributed by atoms with Gasteiger partial charge in [-0.25, -0.2) is 4.79 Å². The standard InChI is InChI=1S/C15H21NO3S/c1-19-15(17)14-11(6-5-9-13(14)16)10-20(18)12-7-3-2-4-8-12/h5-6,9,12H,2-4,7-8,10,16H2,1H3. The summed E-state index contributed by atoms with van der Waals surface area (Å²) < 4.78 is 17.2. The fourth-order valence-electron chi connectivity index (χ4n) is 2.69. The molecule has 20 heavy (non-hydrogen) atoms. The molecular weight excluding hydrogens is 274 g/mol. The van der Waals surface area contributed by atoms with Crippen molar-refractivity contribution in [3.05, 3.63) is 29.3 Å². The second-order valence-electron chi connectivity index (χ2n) is 5.16. The maximum Gasteiger partial charge on any atom is 0.340 e. The van der Waals surface area contributed by atoms with Crippen LogP contribution >= 0.6 is 0 Å². The van der Waals surface area contributed by atoms with E-state index in [4.69, 9.17) is 10.5 Å². The van der Waals surface area contributed by atoms with E-state index in [1.807, 2.05) is 6.07 Å². The Kier molecular flexibility index (Phi) is 5.17. The fourth-order valence-corrected chi connectivity index (χ4v) is 4.33. The van der Waals surface area contributed by atoms with Gasteiger partial charge in [0.15, 0.2) is 0 Å². The molecule has 5 heteroatoms. The molecule has 1 aromatic carbocycles. The van der Waals surface area contributed by atoms with Crippen LogP contribution in [0.4, 0.5) is 5.69 Å². The van der Waals surface area contributed by atoms with Crippen LogP contribution in [0.25, 0.3) is 0 Å². The molecule has 2 N–H and O–H groups in total. The third-order valence-corrected chi connectivity index (χ3v) is 5.60. The van der Waals surface area contributed by atoms with E-state index in [1.54, 1.807) is 12.1 Å². The number of nitrogen functional groups attached to an aromatic ring is 1. The van der Waals surface area contributed by atoms with Crippen molar-refractivity contribution in [2.75, 3.05) is 12.8 Å². The zero-order valence-electron chi connectivity index (χ0n) is 11.8. The summed E-state index contributed by atoms with van der Waals surface area (Å²) in [6.07, 6.45) is 5.57. The number of hydrogen-bond acceptors (Lipinski definition) is 4. The van der Waals surface area contributed by atoms with E-state index in [2.05, 4.69) is 0 Å². The maximum atomic E-state index is 12.5. The molecule has 1 aliphatic rings. The smallest absolute Gasteiger partial charge is 0.340 e. The van der Waals surface area contributed by atoms with Crippen LogP contribution < -0.4 is 5.73 Å². The number of nitrogens with two attached hydrogens (primary N) is 1. The summed E-state index contributed by atoms with van der Waals surface area (Å²) in [5.74, 6) is -0.0844. The van der Waals surface area contributed by atoms with Crippen molar-refractivity contribution < 1.29 is 13.7 Å². The predicted molar refractivity (Wildman–Crippen MR) is 80.9 cm³/mol. The fraction of sp³-hybridized carbons (Fsp3) is 0.533. The molecule has 0 spiro atoms. The van der Waals surface area contributed by atoms with Gasteiger partial charge in [-0.2, -0.15) is 0 Å². The Balaban J connectivity index is 2.18. The summed E-state index contributed by atoms with van der Waals surface area (Å²) in [6.45, 7) is 0. The van der Waals surface area contributed by atoms with Crippen molar-refractivity contribution in [2.24, 2.45) is 0 Å². The molecule has 1 unspecified atom stereocenters. The van der Waals surface area contributed by atoms with Crippen LogP contribution in [0.1, 0.15) is 48.0 Å². The number of carbonyl (C=O) groups is 1. The quantitative estimate of drug-likeness (QED) is 0.685. The van der Waals surface area contributed by atoms with E-state index < -0.39 is 16.8 Å². The van der Waals surface area contributed by atoms with Crippen LogP contribution in [0, 0.1) is 0 Å². The van der Waals surface area contributed by atoms with Gasteiger partial charge in [-0.05, 0) is 24.5 Å². The van der Waals surface area contributed by atoms with Gasteiger partial charge >= 0.3 is 5.97 Å². The van der Waals surface area contributed by atoms with Crippen LogP contribution in [0.5, 0.6) is 0 Å². The van der Waals surface area contributed by atoms with E-state index in [-0.39, 0.29) is 5.25 Å². The lowest BCUT2D eigenvalue weighted by Gasteiger charge is -2.21. The molecule has 0 radical (unpaired) electrons. The number of benzene rings is 1. The van der Waals surface area contributed by atoms with Crippen LogP contribution in [0.3, 0.4) is 0 Å². The van der Waals surface area contributed by atoms with Gasteiger partial charge in [-0.15, -0.1) is 0 Å². The number of carbonyl (C=O) groups excluding carboxylic acids is 1. The third kappa shape index (κ3) is 3.39. The first-order valence-electron chi connectivity index (χ1n) is 6.96. The highest BCUT2D eigenvalue weighted by Gasteiger charge is 2.23. The Morgan fingerprint density at radius 2 is 2.05 bits per heavy atom. The van der Waals surface area contributed by atoms with Crippen LogP contribution in [-0.4, -0.2) is 22.5 Å². The van der Waals surface area contributed by atoms with Gasteiger partial charge in [-0.1, -0.05) is 31.4 Å². The van der Waals surface area contributed by atoms with Crippen LogP contribution in [-0.2, 0) is 21.3 Å². The Labute approximate surface area is 122 Å². The van der Waals surface area contributed by atoms with Crippen molar-refractivity contribution in [3.8, 4) is 0 Å². The van der Waals surface area contributed by atoms with Gasteiger partial charge in [0.25, 0.3) is 0 Å². The lowest BCUT2D eigenvalue weighted by Crippen LogP contribution is -2.21. The lowest BCUT2D eigenvalue weighted by atomic mass is 10.0. The van der Waals surface area contributed by atoms with Crippen LogP contribution in [0.15, 0.2) is 18.2 Å². The lowest BCUT2D eigenvalue weighted by molar-refractivity contribution is 0.0601. The molecule has 0 saturated heterocycles. The second kappa shape index (κ2) is 6.88.